The van der Waals surface area contributed by atoms with Crippen LogP contribution in [0.1, 0.15) is 49.4 Å². The van der Waals surface area contributed by atoms with Crippen LogP contribution < -0.4 is 5.32 Å². The molecular formula is C20H25ClN4OS. The fourth-order valence-corrected chi connectivity index (χ4v) is 4.45. The topological polar surface area (TPSA) is 59.8 Å². The molecule has 1 saturated carbocycles. The summed E-state index contributed by atoms with van der Waals surface area (Å²) in [5.41, 5.74) is 1.68. The van der Waals surface area contributed by atoms with Crippen molar-refractivity contribution in [2.45, 2.75) is 56.6 Å². The highest BCUT2D eigenvalue weighted by atomic mass is 35.5. The number of halogens is 1. The van der Waals surface area contributed by atoms with E-state index in [1.54, 1.807) is 0 Å². The summed E-state index contributed by atoms with van der Waals surface area (Å²) in [6, 6.07) is 5.58. The first kappa shape index (κ1) is 20.0. The van der Waals surface area contributed by atoms with E-state index in [2.05, 4.69) is 26.7 Å². The predicted molar refractivity (Wildman–Crippen MR) is 112 cm³/mol. The summed E-state index contributed by atoms with van der Waals surface area (Å²) in [6.07, 6.45) is 7.96. The second-order valence-electron chi connectivity index (χ2n) is 6.90. The monoisotopic (exact) mass is 404 g/mol. The van der Waals surface area contributed by atoms with Crippen LogP contribution in [0, 0.1) is 6.92 Å². The molecule has 2 aromatic rings. The Morgan fingerprint density at radius 1 is 1.37 bits per heavy atom. The number of hydrogen-bond acceptors (Lipinski definition) is 4. The van der Waals surface area contributed by atoms with Crippen LogP contribution in [0.3, 0.4) is 0 Å². The number of nitrogens with zero attached hydrogens (tertiary/aromatic N) is 3. The van der Waals surface area contributed by atoms with Gasteiger partial charge in [-0.05, 0) is 37.5 Å². The Bertz CT molecular complexity index is 814. The van der Waals surface area contributed by atoms with Gasteiger partial charge in [-0.3, -0.25) is 4.79 Å². The van der Waals surface area contributed by atoms with Gasteiger partial charge < -0.3 is 9.88 Å². The van der Waals surface area contributed by atoms with Gasteiger partial charge in [-0.15, -0.1) is 16.8 Å². The van der Waals surface area contributed by atoms with Gasteiger partial charge in [0, 0.05) is 12.5 Å². The van der Waals surface area contributed by atoms with Gasteiger partial charge in [0.2, 0.25) is 5.91 Å². The lowest BCUT2D eigenvalue weighted by atomic mass is 9.89. The van der Waals surface area contributed by atoms with E-state index < -0.39 is 0 Å². The SMILES string of the molecule is C=CCn1c(SCC(=O)Nc2ccc(C)cc2Cl)nnc1C1CCCCC1. The predicted octanol–water partition coefficient (Wildman–Crippen LogP) is 5.20. The fourth-order valence-electron chi connectivity index (χ4n) is 3.41. The summed E-state index contributed by atoms with van der Waals surface area (Å²) in [6.45, 7) is 6.47. The molecule has 1 aliphatic carbocycles. The smallest absolute Gasteiger partial charge is 0.234 e. The summed E-state index contributed by atoms with van der Waals surface area (Å²) >= 11 is 7.58. The van der Waals surface area contributed by atoms with E-state index in [4.69, 9.17) is 11.6 Å². The van der Waals surface area contributed by atoms with Gasteiger partial charge in [0.25, 0.3) is 0 Å². The molecule has 144 valence electrons. The van der Waals surface area contributed by atoms with E-state index in [0.717, 1.165) is 29.4 Å². The second kappa shape index (κ2) is 9.42. The molecule has 0 aliphatic heterocycles. The molecule has 1 aliphatic rings. The number of carbonyl (C=O) groups is 1. The van der Waals surface area contributed by atoms with Crippen LogP contribution in [-0.2, 0) is 11.3 Å². The van der Waals surface area contributed by atoms with Gasteiger partial charge in [-0.1, -0.05) is 54.8 Å². The molecule has 7 heteroatoms. The molecular weight excluding hydrogens is 380 g/mol. The zero-order chi connectivity index (χ0) is 19.2. The largest absolute Gasteiger partial charge is 0.324 e. The van der Waals surface area contributed by atoms with Crippen LogP contribution >= 0.6 is 23.4 Å². The minimum atomic E-state index is -0.113. The first-order valence-electron chi connectivity index (χ1n) is 9.31. The molecule has 3 rings (SSSR count). The van der Waals surface area contributed by atoms with Crippen LogP contribution in [0.25, 0.3) is 0 Å². The molecule has 1 aromatic heterocycles. The standard InChI is InChI=1S/C20H25ClN4OS/c1-3-11-25-19(15-7-5-4-6-8-15)23-24-20(25)27-13-18(26)22-17-10-9-14(2)12-16(17)21/h3,9-10,12,15H,1,4-8,11,13H2,2H3,(H,22,26). The number of hydrogen-bond donors (Lipinski definition) is 1. The van der Waals surface area contributed by atoms with Crippen molar-refractivity contribution >= 4 is 35.0 Å². The highest BCUT2D eigenvalue weighted by Gasteiger charge is 2.23. The zero-order valence-corrected chi connectivity index (χ0v) is 17.2. The van der Waals surface area contributed by atoms with Crippen LogP contribution in [0.5, 0.6) is 0 Å². The van der Waals surface area contributed by atoms with Crippen molar-refractivity contribution in [3.8, 4) is 0 Å². The normalized spacial score (nSPS) is 14.9. The maximum absolute atomic E-state index is 12.3. The van der Waals surface area contributed by atoms with E-state index in [9.17, 15) is 4.79 Å². The van der Waals surface area contributed by atoms with Gasteiger partial charge in [0.05, 0.1) is 16.5 Å². The second-order valence-corrected chi connectivity index (χ2v) is 8.24. The molecule has 0 bridgehead atoms. The summed E-state index contributed by atoms with van der Waals surface area (Å²) in [5.74, 6) is 1.63. The van der Waals surface area contributed by atoms with Gasteiger partial charge in [-0.2, -0.15) is 0 Å². The maximum Gasteiger partial charge on any atom is 0.234 e. The Morgan fingerprint density at radius 3 is 2.85 bits per heavy atom. The molecule has 1 heterocycles. The number of thioether (sulfide) groups is 1. The van der Waals surface area contributed by atoms with Crippen molar-refractivity contribution in [2.24, 2.45) is 0 Å². The average molecular weight is 405 g/mol. The number of amides is 1. The van der Waals surface area contributed by atoms with E-state index in [1.165, 1.54) is 31.0 Å². The molecule has 27 heavy (non-hydrogen) atoms. The lowest BCUT2D eigenvalue weighted by molar-refractivity contribution is -0.113. The van der Waals surface area contributed by atoms with Crippen molar-refractivity contribution < 1.29 is 4.79 Å². The fraction of sp³-hybridized carbons (Fsp3) is 0.450. The summed E-state index contributed by atoms with van der Waals surface area (Å²) in [4.78, 5) is 12.3. The van der Waals surface area contributed by atoms with Crippen molar-refractivity contribution in [1.82, 2.24) is 14.8 Å². The van der Waals surface area contributed by atoms with Crippen LogP contribution in [0.2, 0.25) is 5.02 Å². The van der Waals surface area contributed by atoms with Gasteiger partial charge >= 0.3 is 0 Å². The summed E-state index contributed by atoms with van der Waals surface area (Å²) in [7, 11) is 0. The zero-order valence-electron chi connectivity index (χ0n) is 15.6. The third-order valence-electron chi connectivity index (χ3n) is 4.76. The number of aromatic nitrogens is 3. The molecule has 1 amide bonds. The lowest BCUT2D eigenvalue weighted by Crippen LogP contribution is -2.16. The Morgan fingerprint density at radius 2 is 2.15 bits per heavy atom. The molecule has 0 saturated heterocycles. The minimum Gasteiger partial charge on any atom is -0.324 e. The summed E-state index contributed by atoms with van der Waals surface area (Å²) < 4.78 is 2.10. The van der Waals surface area contributed by atoms with Crippen LogP contribution in [0.15, 0.2) is 36.0 Å². The molecule has 0 atom stereocenters. The molecule has 0 unspecified atom stereocenters. The number of rotatable bonds is 7. The third kappa shape index (κ3) is 5.14. The molecule has 1 aromatic carbocycles. The van der Waals surface area contributed by atoms with E-state index in [1.807, 2.05) is 31.2 Å². The summed E-state index contributed by atoms with van der Waals surface area (Å²) in [5, 5.41) is 12.9. The number of nitrogens with one attached hydrogen (secondary N) is 1. The van der Waals surface area contributed by atoms with Gasteiger partial charge in [0.1, 0.15) is 5.82 Å². The number of allylic oxidation sites excluding steroid dienone is 1. The lowest BCUT2D eigenvalue weighted by Gasteiger charge is -2.21. The highest BCUT2D eigenvalue weighted by Crippen LogP contribution is 2.33. The quantitative estimate of drug-likeness (QED) is 0.508. The van der Waals surface area contributed by atoms with Crippen molar-refractivity contribution in [1.29, 1.82) is 0 Å². The van der Waals surface area contributed by atoms with Crippen molar-refractivity contribution in [3.63, 3.8) is 0 Å². The molecule has 0 spiro atoms. The molecule has 1 fully saturated rings. The third-order valence-corrected chi connectivity index (χ3v) is 6.04. The average Bonchev–Trinajstić information content (AvgIpc) is 3.06. The molecule has 0 radical (unpaired) electrons. The Labute approximate surface area is 169 Å². The van der Waals surface area contributed by atoms with Crippen LogP contribution in [-0.4, -0.2) is 26.4 Å². The maximum atomic E-state index is 12.3. The van der Waals surface area contributed by atoms with Crippen molar-refractivity contribution in [2.75, 3.05) is 11.1 Å². The number of aryl methyl sites for hydroxylation is 1. The molecule has 5 nitrogen and oxygen atoms in total. The van der Waals surface area contributed by atoms with Gasteiger partial charge in [0.15, 0.2) is 5.16 Å². The Balaban J connectivity index is 1.65. The van der Waals surface area contributed by atoms with Gasteiger partial charge in [-0.25, -0.2) is 0 Å². The first-order chi connectivity index (χ1) is 13.1. The van der Waals surface area contributed by atoms with E-state index in [-0.39, 0.29) is 11.7 Å². The van der Waals surface area contributed by atoms with Crippen LogP contribution in [0.4, 0.5) is 5.69 Å². The van der Waals surface area contributed by atoms with E-state index in [0.29, 0.717) is 23.2 Å². The molecule has 1 N–H and O–H groups in total. The highest BCUT2D eigenvalue weighted by molar-refractivity contribution is 7.99. The Kier molecular flexibility index (Phi) is 6.96. The number of anilines is 1. The first-order valence-corrected chi connectivity index (χ1v) is 10.7. The minimum absolute atomic E-state index is 0.113. The Hall–Kier alpha value is -1.79. The number of carbonyl (C=O) groups excluding carboxylic acids is 1. The number of benzene rings is 1. The van der Waals surface area contributed by atoms with E-state index >= 15 is 0 Å². The van der Waals surface area contributed by atoms with Crippen molar-refractivity contribution in [3.05, 3.63) is 47.3 Å².